The van der Waals surface area contributed by atoms with Crippen LogP contribution in [0.2, 0.25) is 0 Å². The molecule has 1 aromatic carbocycles. The molecular weight excluding hydrogens is 230 g/mol. The maximum Gasteiger partial charge on any atom is 0.203 e. The number of methoxy groups -OCH3 is 2. The van der Waals surface area contributed by atoms with Gasteiger partial charge in [-0.1, -0.05) is 0 Å². The minimum atomic E-state index is 0.188. The standard InChI is InChI=1S/C14H23NO3/c1-5-18-14-12(16-3)8-11(7-6-10(2)15)9-13(14)17-4/h8-10H,5-7,15H2,1-4H3. The maximum absolute atomic E-state index is 5.77. The van der Waals surface area contributed by atoms with E-state index in [-0.39, 0.29) is 6.04 Å². The summed E-state index contributed by atoms with van der Waals surface area (Å²) in [5, 5.41) is 0. The predicted molar refractivity (Wildman–Crippen MR) is 72.7 cm³/mol. The molecule has 0 saturated carbocycles. The van der Waals surface area contributed by atoms with Crippen molar-refractivity contribution >= 4 is 0 Å². The molecule has 0 bridgehead atoms. The van der Waals surface area contributed by atoms with Crippen molar-refractivity contribution in [2.24, 2.45) is 5.73 Å². The van der Waals surface area contributed by atoms with Crippen molar-refractivity contribution in [3.05, 3.63) is 17.7 Å². The van der Waals surface area contributed by atoms with Gasteiger partial charge in [-0.15, -0.1) is 0 Å². The normalized spacial score (nSPS) is 12.1. The van der Waals surface area contributed by atoms with E-state index >= 15 is 0 Å². The van der Waals surface area contributed by atoms with Crippen LogP contribution < -0.4 is 19.9 Å². The smallest absolute Gasteiger partial charge is 0.203 e. The van der Waals surface area contributed by atoms with Gasteiger partial charge in [0.1, 0.15) is 0 Å². The molecule has 0 fully saturated rings. The Bertz CT molecular complexity index is 352. The summed E-state index contributed by atoms with van der Waals surface area (Å²) >= 11 is 0. The van der Waals surface area contributed by atoms with Gasteiger partial charge in [-0.05, 0) is 44.4 Å². The van der Waals surface area contributed by atoms with Crippen LogP contribution in [0.25, 0.3) is 0 Å². The molecule has 1 rings (SSSR count). The Hall–Kier alpha value is -1.42. The third kappa shape index (κ3) is 3.81. The van der Waals surface area contributed by atoms with E-state index in [9.17, 15) is 0 Å². The highest BCUT2D eigenvalue weighted by Gasteiger charge is 2.13. The molecule has 1 aromatic rings. The first-order chi connectivity index (χ1) is 8.62. The van der Waals surface area contributed by atoms with Crippen molar-refractivity contribution in [2.45, 2.75) is 32.7 Å². The van der Waals surface area contributed by atoms with Gasteiger partial charge in [0.2, 0.25) is 5.75 Å². The molecule has 4 nitrogen and oxygen atoms in total. The molecular formula is C14H23NO3. The highest BCUT2D eigenvalue weighted by Crippen LogP contribution is 2.38. The molecule has 0 aliphatic rings. The number of hydrogen-bond donors (Lipinski definition) is 1. The average Bonchev–Trinajstić information content (AvgIpc) is 2.37. The number of ether oxygens (including phenoxy) is 3. The van der Waals surface area contributed by atoms with E-state index in [4.69, 9.17) is 19.9 Å². The lowest BCUT2D eigenvalue weighted by molar-refractivity contribution is 0.288. The van der Waals surface area contributed by atoms with Crippen molar-refractivity contribution < 1.29 is 14.2 Å². The van der Waals surface area contributed by atoms with Gasteiger partial charge < -0.3 is 19.9 Å². The van der Waals surface area contributed by atoms with Crippen LogP contribution in [0.5, 0.6) is 17.2 Å². The molecule has 1 atom stereocenters. The zero-order chi connectivity index (χ0) is 13.5. The first-order valence-electron chi connectivity index (χ1n) is 6.25. The van der Waals surface area contributed by atoms with Crippen molar-refractivity contribution in [2.75, 3.05) is 20.8 Å². The van der Waals surface area contributed by atoms with E-state index in [0.717, 1.165) is 18.4 Å². The molecule has 0 amide bonds. The number of rotatable bonds is 7. The highest BCUT2D eigenvalue weighted by atomic mass is 16.5. The Kier molecular flexibility index (Phi) is 5.78. The first-order valence-corrected chi connectivity index (χ1v) is 6.25. The summed E-state index contributed by atoms with van der Waals surface area (Å²) < 4.78 is 16.3. The van der Waals surface area contributed by atoms with E-state index in [1.165, 1.54) is 0 Å². The Morgan fingerprint density at radius 3 is 2.11 bits per heavy atom. The molecule has 0 aliphatic carbocycles. The molecule has 0 aromatic heterocycles. The largest absolute Gasteiger partial charge is 0.493 e. The summed E-state index contributed by atoms with van der Waals surface area (Å²) in [5.41, 5.74) is 6.91. The Morgan fingerprint density at radius 2 is 1.72 bits per heavy atom. The summed E-state index contributed by atoms with van der Waals surface area (Å²) in [6.07, 6.45) is 1.83. The zero-order valence-electron chi connectivity index (χ0n) is 11.7. The summed E-state index contributed by atoms with van der Waals surface area (Å²) in [6.45, 7) is 4.51. The van der Waals surface area contributed by atoms with Crippen LogP contribution in [0, 0.1) is 0 Å². The molecule has 0 aliphatic heterocycles. The summed E-state index contributed by atoms with van der Waals surface area (Å²) in [5.74, 6) is 2.07. The van der Waals surface area contributed by atoms with E-state index in [1.54, 1.807) is 14.2 Å². The van der Waals surface area contributed by atoms with Crippen molar-refractivity contribution in [1.29, 1.82) is 0 Å². The Morgan fingerprint density at radius 1 is 1.17 bits per heavy atom. The Balaban J connectivity index is 3.01. The summed E-state index contributed by atoms with van der Waals surface area (Å²) in [4.78, 5) is 0. The lowest BCUT2D eigenvalue weighted by Crippen LogP contribution is -2.15. The zero-order valence-corrected chi connectivity index (χ0v) is 11.7. The lowest BCUT2D eigenvalue weighted by atomic mass is 10.1. The van der Waals surface area contributed by atoms with E-state index < -0.39 is 0 Å². The number of benzene rings is 1. The van der Waals surface area contributed by atoms with Gasteiger partial charge in [-0.25, -0.2) is 0 Å². The first kappa shape index (κ1) is 14.6. The third-order valence-corrected chi connectivity index (χ3v) is 2.70. The van der Waals surface area contributed by atoms with Crippen LogP contribution >= 0.6 is 0 Å². The quantitative estimate of drug-likeness (QED) is 0.810. The fourth-order valence-corrected chi connectivity index (χ4v) is 1.76. The molecule has 0 spiro atoms. The lowest BCUT2D eigenvalue weighted by Gasteiger charge is -2.15. The monoisotopic (exact) mass is 253 g/mol. The molecule has 0 saturated heterocycles. The van der Waals surface area contributed by atoms with Crippen LogP contribution in [0.15, 0.2) is 12.1 Å². The van der Waals surface area contributed by atoms with E-state index in [2.05, 4.69) is 0 Å². The molecule has 18 heavy (non-hydrogen) atoms. The summed E-state index contributed by atoms with van der Waals surface area (Å²) in [6, 6.07) is 4.15. The minimum absolute atomic E-state index is 0.188. The van der Waals surface area contributed by atoms with Crippen LogP contribution in [-0.4, -0.2) is 26.9 Å². The van der Waals surface area contributed by atoms with Crippen molar-refractivity contribution in [1.82, 2.24) is 0 Å². The van der Waals surface area contributed by atoms with Gasteiger partial charge in [-0.2, -0.15) is 0 Å². The Labute approximate surface area is 109 Å². The van der Waals surface area contributed by atoms with Crippen molar-refractivity contribution in [3.8, 4) is 17.2 Å². The fourth-order valence-electron chi connectivity index (χ4n) is 1.76. The second-order valence-corrected chi connectivity index (χ2v) is 4.28. The van der Waals surface area contributed by atoms with Crippen LogP contribution in [0.4, 0.5) is 0 Å². The van der Waals surface area contributed by atoms with Gasteiger partial charge in [-0.3, -0.25) is 0 Å². The van der Waals surface area contributed by atoms with Gasteiger partial charge in [0, 0.05) is 6.04 Å². The van der Waals surface area contributed by atoms with Gasteiger partial charge in [0.05, 0.1) is 20.8 Å². The SMILES string of the molecule is CCOc1c(OC)cc(CCC(C)N)cc1OC. The summed E-state index contributed by atoms with van der Waals surface area (Å²) in [7, 11) is 3.26. The van der Waals surface area contributed by atoms with Crippen LogP contribution in [-0.2, 0) is 6.42 Å². The van der Waals surface area contributed by atoms with Gasteiger partial charge in [0.25, 0.3) is 0 Å². The van der Waals surface area contributed by atoms with Crippen molar-refractivity contribution in [3.63, 3.8) is 0 Å². The molecule has 0 heterocycles. The van der Waals surface area contributed by atoms with E-state index in [0.29, 0.717) is 23.9 Å². The van der Waals surface area contributed by atoms with Gasteiger partial charge in [0.15, 0.2) is 11.5 Å². The van der Waals surface area contributed by atoms with Gasteiger partial charge >= 0.3 is 0 Å². The molecule has 102 valence electrons. The molecule has 4 heteroatoms. The maximum atomic E-state index is 5.77. The second kappa shape index (κ2) is 7.11. The number of aryl methyl sites for hydroxylation is 1. The molecule has 0 radical (unpaired) electrons. The minimum Gasteiger partial charge on any atom is -0.493 e. The fraction of sp³-hybridized carbons (Fsp3) is 0.571. The number of hydrogen-bond acceptors (Lipinski definition) is 4. The average molecular weight is 253 g/mol. The molecule has 2 N–H and O–H groups in total. The second-order valence-electron chi connectivity index (χ2n) is 4.28. The van der Waals surface area contributed by atoms with E-state index in [1.807, 2.05) is 26.0 Å². The topological polar surface area (TPSA) is 53.7 Å². The molecule has 1 unspecified atom stereocenters. The van der Waals surface area contributed by atoms with Crippen LogP contribution in [0.3, 0.4) is 0 Å². The number of nitrogens with two attached hydrogens (primary N) is 1. The third-order valence-electron chi connectivity index (χ3n) is 2.70. The highest BCUT2D eigenvalue weighted by molar-refractivity contribution is 5.53. The predicted octanol–water partition coefficient (Wildman–Crippen LogP) is 2.38. The van der Waals surface area contributed by atoms with Crippen LogP contribution in [0.1, 0.15) is 25.8 Å².